The number of ether oxygens (including phenoxy) is 1. The maximum absolute atomic E-state index is 12.2. The molecule has 0 aliphatic heterocycles. The first-order chi connectivity index (χ1) is 9.15. The maximum atomic E-state index is 12.2. The minimum Gasteiger partial charge on any atom is -0.465 e. The molecule has 20 heavy (non-hydrogen) atoms. The van der Waals surface area contributed by atoms with Crippen molar-refractivity contribution in [3.05, 3.63) is 0 Å². The summed E-state index contributed by atoms with van der Waals surface area (Å²) in [6.45, 7) is 13.6. The van der Waals surface area contributed by atoms with E-state index >= 15 is 0 Å². The number of carbonyl (C=O) groups excluding carboxylic acids is 2. The highest BCUT2D eigenvalue weighted by atomic mass is 16.5. The van der Waals surface area contributed by atoms with Gasteiger partial charge in [0.05, 0.1) is 6.61 Å². The van der Waals surface area contributed by atoms with Gasteiger partial charge in [-0.1, -0.05) is 13.8 Å². The van der Waals surface area contributed by atoms with Gasteiger partial charge in [0.25, 0.3) is 0 Å². The van der Waals surface area contributed by atoms with E-state index in [2.05, 4.69) is 26.1 Å². The molecule has 0 unspecified atom stereocenters. The molecule has 0 saturated heterocycles. The van der Waals surface area contributed by atoms with Crippen LogP contribution in [0, 0.1) is 5.92 Å². The van der Waals surface area contributed by atoms with E-state index in [0.717, 1.165) is 0 Å². The second kappa shape index (κ2) is 8.95. The first-order valence-corrected chi connectivity index (χ1v) is 7.34. The SMILES string of the molecule is CCOC(=O)CN(CC(C)C)C(=O)CCNC(C)(C)C. The molecule has 1 amide bonds. The van der Waals surface area contributed by atoms with Gasteiger partial charge in [0.1, 0.15) is 6.54 Å². The summed E-state index contributed by atoms with van der Waals surface area (Å²) in [5, 5.41) is 3.28. The van der Waals surface area contributed by atoms with E-state index in [1.54, 1.807) is 11.8 Å². The zero-order valence-corrected chi connectivity index (χ0v) is 13.8. The van der Waals surface area contributed by atoms with Crippen LogP contribution in [-0.4, -0.2) is 48.6 Å². The van der Waals surface area contributed by atoms with E-state index in [-0.39, 0.29) is 24.0 Å². The lowest BCUT2D eigenvalue weighted by atomic mass is 10.1. The molecule has 0 radical (unpaired) electrons. The number of rotatable bonds is 8. The Balaban J connectivity index is 4.37. The van der Waals surface area contributed by atoms with E-state index < -0.39 is 0 Å². The lowest BCUT2D eigenvalue weighted by molar-refractivity contribution is -0.149. The summed E-state index contributed by atoms with van der Waals surface area (Å²) in [7, 11) is 0. The van der Waals surface area contributed by atoms with Crippen molar-refractivity contribution >= 4 is 11.9 Å². The average Bonchev–Trinajstić information content (AvgIpc) is 2.25. The van der Waals surface area contributed by atoms with Gasteiger partial charge >= 0.3 is 5.97 Å². The maximum Gasteiger partial charge on any atom is 0.325 e. The molecule has 0 saturated carbocycles. The molecule has 0 aliphatic carbocycles. The van der Waals surface area contributed by atoms with Crippen LogP contribution in [0.1, 0.15) is 48.0 Å². The van der Waals surface area contributed by atoms with Crippen molar-refractivity contribution in [1.82, 2.24) is 10.2 Å². The number of nitrogens with zero attached hydrogens (tertiary/aromatic N) is 1. The molecular formula is C15H30N2O3. The van der Waals surface area contributed by atoms with Crippen molar-refractivity contribution in [2.75, 3.05) is 26.2 Å². The Kier molecular flexibility index (Phi) is 8.46. The molecule has 0 aromatic heterocycles. The Bertz CT molecular complexity index is 309. The molecule has 1 N–H and O–H groups in total. The molecule has 0 aliphatic rings. The fourth-order valence-corrected chi connectivity index (χ4v) is 1.76. The highest BCUT2D eigenvalue weighted by Crippen LogP contribution is 2.04. The molecular weight excluding hydrogens is 256 g/mol. The van der Waals surface area contributed by atoms with Crippen LogP contribution in [0.3, 0.4) is 0 Å². The highest BCUT2D eigenvalue weighted by Gasteiger charge is 2.19. The van der Waals surface area contributed by atoms with Crippen molar-refractivity contribution in [2.24, 2.45) is 5.92 Å². The summed E-state index contributed by atoms with van der Waals surface area (Å²) >= 11 is 0. The van der Waals surface area contributed by atoms with Gasteiger partial charge in [-0.2, -0.15) is 0 Å². The number of hydrogen-bond acceptors (Lipinski definition) is 4. The van der Waals surface area contributed by atoms with Crippen LogP contribution in [0.2, 0.25) is 0 Å². The Morgan fingerprint density at radius 2 is 1.85 bits per heavy atom. The Morgan fingerprint density at radius 3 is 2.30 bits per heavy atom. The normalized spacial score (nSPS) is 11.6. The number of hydrogen-bond donors (Lipinski definition) is 1. The summed E-state index contributed by atoms with van der Waals surface area (Å²) in [5.74, 6) is -0.0299. The lowest BCUT2D eigenvalue weighted by Crippen LogP contribution is -2.42. The van der Waals surface area contributed by atoms with Gasteiger partial charge in [-0.15, -0.1) is 0 Å². The predicted molar refractivity (Wildman–Crippen MR) is 80.4 cm³/mol. The molecule has 118 valence electrons. The zero-order valence-electron chi connectivity index (χ0n) is 13.8. The van der Waals surface area contributed by atoms with Gasteiger partial charge in [-0.05, 0) is 33.6 Å². The Labute approximate surface area is 123 Å². The monoisotopic (exact) mass is 286 g/mol. The quantitative estimate of drug-likeness (QED) is 0.691. The zero-order chi connectivity index (χ0) is 15.8. The third-order valence-corrected chi connectivity index (χ3v) is 2.56. The van der Waals surface area contributed by atoms with Gasteiger partial charge in [-0.25, -0.2) is 0 Å². The van der Waals surface area contributed by atoms with Crippen LogP contribution < -0.4 is 5.32 Å². The van der Waals surface area contributed by atoms with E-state index in [9.17, 15) is 9.59 Å². The van der Waals surface area contributed by atoms with Crippen molar-refractivity contribution in [3.8, 4) is 0 Å². The molecule has 0 rings (SSSR count). The summed E-state index contributed by atoms with van der Waals surface area (Å²) in [6, 6.07) is 0. The molecule has 0 aromatic carbocycles. The molecule has 5 nitrogen and oxygen atoms in total. The van der Waals surface area contributed by atoms with Crippen LogP contribution in [0.4, 0.5) is 0 Å². The van der Waals surface area contributed by atoms with Crippen LogP contribution in [0.25, 0.3) is 0 Å². The smallest absolute Gasteiger partial charge is 0.325 e. The van der Waals surface area contributed by atoms with Crippen molar-refractivity contribution in [2.45, 2.75) is 53.5 Å². The number of esters is 1. The second-order valence-corrected chi connectivity index (χ2v) is 6.40. The molecule has 0 bridgehead atoms. The first-order valence-electron chi connectivity index (χ1n) is 7.34. The molecule has 0 aromatic rings. The molecule has 0 heterocycles. The summed E-state index contributed by atoms with van der Waals surface area (Å²) < 4.78 is 4.91. The van der Waals surface area contributed by atoms with E-state index in [0.29, 0.717) is 32.0 Å². The third kappa shape index (κ3) is 9.78. The van der Waals surface area contributed by atoms with Crippen molar-refractivity contribution < 1.29 is 14.3 Å². The van der Waals surface area contributed by atoms with Crippen molar-refractivity contribution in [1.29, 1.82) is 0 Å². The number of carbonyl (C=O) groups is 2. The minimum atomic E-state index is -0.342. The van der Waals surface area contributed by atoms with Crippen LogP contribution in [0.5, 0.6) is 0 Å². The van der Waals surface area contributed by atoms with Crippen molar-refractivity contribution in [3.63, 3.8) is 0 Å². The second-order valence-electron chi connectivity index (χ2n) is 6.40. The number of nitrogens with one attached hydrogen (secondary N) is 1. The Hall–Kier alpha value is -1.10. The standard InChI is InChI=1S/C15H30N2O3/c1-7-20-14(19)11-17(10-12(2)3)13(18)8-9-16-15(4,5)6/h12,16H,7-11H2,1-6H3. The predicted octanol–water partition coefficient (Wildman–Crippen LogP) is 1.81. The minimum absolute atomic E-state index is 0.00962. The third-order valence-electron chi connectivity index (χ3n) is 2.56. The molecule has 0 fully saturated rings. The highest BCUT2D eigenvalue weighted by molar-refractivity contribution is 5.82. The number of amides is 1. The van der Waals surface area contributed by atoms with Gasteiger partial charge < -0.3 is 15.0 Å². The fourth-order valence-electron chi connectivity index (χ4n) is 1.76. The van der Waals surface area contributed by atoms with Crippen LogP contribution >= 0.6 is 0 Å². The van der Waals surface area contributed by atoms with E-state index in [4.69, 9.17) is 4.74 Å². The van der Waals surface area contributed by atoms with Gasteiger partial charge in [0, 0.05) is 25.0 Å². The summed E-state index contributed by atoms with van der Waals surface area (Å²) in [4.78, 5) is 25.3. The van der Waals surface area contributed by atoms with Gasteiger partial charge in [0.15, 0.2) is 0 Å². The Morgan fingerprint density at radius 1 is 1.25 bits per heavy atom. The molecule has 0 spiro atoms. The van der Waals surface area contributed by atoms with Gasteiger partial charge in [0.2, 0.25) is 5.91 Å². The van der Waals surface area contributed by atoms with Gasteiger partial charge in [-0.3, -0.25) is 9.59 Å². The largest absolute Gasteiger partial charge is 0.465 e. The molecule has 5 heteroatoms. The van der Waals surface area contributed by atoms with Crippen LogP contribution in [-0.2, 0) is 14.3 Å². The van der Waals surface area contributed by atoms with E-state index in [1.807, 2.05) is 13.8 Å². The topological polar surface area (TPSA) is 58.6 Å². The average molecular weight is 286 g/mol. The summed E-state index contributed by atoms with van der Waals surface area (Å²) in [5.41, 5.74) is -0.00962. The fraction of sp³-hybridized carbons (Fsp3) is 0.867. The van der Waals surface area contributed by atoms with E-state index in [1.165, 1.54) is 0 Å². The lowest BCUT2D eigenvalue weighted by Gasteiger charge is -2.25. The first kappa shape index (κ1) is 18.9. The van der Waals surface area contributed by atoms with Crippen LogP contribution in [0.15, 0.2) is 0 Å². The molecule has 0 atom stereocenters. The summed E-state index contributed by atoms with van der Waals surface area (Å²) in [6.07, 6.45) is 0.392.